The molecule has 6 aliphatic rings. The van der Waals surface area contributed by atoms with Gasteiger partial charge < -0.3 is 25.0 Å². The van der Waals surface area contributed by atoms with Gasteiger partial charge in [-0.15, -0.1) is 6.58 Å². The zero-order chi connectivity index (χ0) is 40.8. The fourth-order valence-corrected chi connectivity index (χ4v) is 10.7. The van der Waals surface area contributed by atoms with E-state index in [1.165, 1.54) is 21.6 Å². The smallest absolute Gasteiger partial charge is 0.408 e. The van der Waals surface area contributed by atoms with Crippen LogP contribution in [0.3, 0.4) is 0 Å². The van der Waals surface area contributed by atoms with Gasteiger partial charge in [0, 0.05) is 18.9 Å². The number of hydrogen-bond donors (Lipinski definition) is 3. The van der Waals surface area contributed by atoms with Crippen LogP contribution in [0.4, 0.5) is 4.79 Å². The molecule has 3 N–H and O–H groups in total. The maximum atomic E-state index is 14.9. The number of carbonyl (C=O) groups is 4. The summed E-state index contributed by atoms with van der Waals surface area (Å²) in [6.45, 7) is 3.76. The number of benzene rings is 1. The van der Waals surface area contributed by atoms with Crippen LogP contribution in [0, 0.1) is 29.1 Å². The number of rotatable bonds is 7. The first-order valence-corrected chi connectivity index (χ1v) is 22.0. The van der Waals surface area contributed by atoms with Gasteiger partial charge in [-0.05, 0) is 94.2 Å². The van der Waals surface area contributed by atoms with E-state index in [4.69, 9.17) is 9.47 Å². The third kappa shape index (κ3) is 7.82. The Hall–Kier alpha value is -5.24. The monoisotopic (exact) mass is 815 g/mol. The van der Waals surface area contributed by atoms with Gasteiger partial charge in [0.2, 0.25) is 21.8 Å². The molecule has 3 heterocycles. The van der Waals surface area contributed by atoms with Gasteiger partial charge in [0.1, 0.15) is 29.8 Å². The number of nitrogens with zero attached hydrogens (tertiary/aromatic N) is 4. The summed E-state index contributed by atoms with van der Waals surface area (Å²) in [4.78, 5) is 76.6. The van der Waals surface area contributed by atoms with E-state index >= 15 is 0 Å². The van der Waals surface area contributed by atoms with Crippen LogP contribution in [0.1, 0.15) is 89.0 Å². The average molecular weight is 816 g/mol. The molecule has 0 radical (unpaired) electrons. The van der Waals surface area contributed by atoms with Crippen LogP contribution in [0.5, 0.6) is 6.01 Å². The van der Waals surface area contributed by atoms with Crippen LogP contribution in [0.2, 0.25) is 0 Å². The summed E-state index contributed by atoms with van der Waals surface area (Å²) in [5.41, 5.74) is -1.45. The molecule has 7 atom stereocenters. The molecule has 4 saturated carbocycles. The summed E-state index contributed by atoms with van der Waals surface area (Å²) in [5.74, 6) is -2.76. The zero-order valence-corrected chi connectivity index (χ0v) is 33.1. The van der Waals surface area contributed by atoms with Gasteiger partial charge in [-0.1, -0.05) is 31.1 Å². The van der Waals surface area contributed by atoms with E-state index in [-0.39, 0.29) is 60.8 Å². The van der Waals surface area contributed by atoms with Crippen LogP contribution < -0.4 is 25.7 Å². The van der Waals surface area contributed by atoms with Crippen LogP contribution in [-0.4, -0.2) is 88.3 Å². The minimum absolute atomic E-state index is 0.0586. The number of nitriles is 1. The summed E-state index contributed by atoms with van der Waals surface area (Å²) in [6.07, 6.45) is 11.3. The number of alkyl carbamates (subject to hydrolysis) is 1. The van der Waals surface area contributed by atoms with Crippen LogP contribution in [-0.2, 0) is 35.7 Å². The molecule has 1 aromatic heterocycles. The molecule has 308 valence electrons. The first kappa shape index (κ1) is 39.6. The molecule has 2 bridgehead atoms. The Labute approximate surface area is 336 Å². The lowest BCUT2D eigenvalue weighted by molar-refractivity contribution is -0.142. The van der Waals surface area contributed by atoms with E-state index in [1.54, 1.807) is 12.1 Å². The number of carbonyl (C=O) groups excluding carboxylic acids is 4. The van der Waals surface area contributed by atoms with Crippen molar-refractivity contribution in [3.8, 4) is 12.1 Å². The van der Waals surface area contributed by atoms with Crippen LogP contribution in [0.15, 0.2) is 47.8 Å². The van der Waals surface area contributed by atoms with E-state index in [2.05, 4.69) is 33.0 Å². The van der Waals surface area contributed by atoms with Gasteiger partial charge in [-0.3, -0.25) is 28.5 Å². The van der Waals surface area contributed by atoms with Gasteiger partial charge in [-0.2, -0.15) is 10.2 Å². The highest BCUT2D eigenvalue weighted by atomic mass is 32.2. The topological polar surface area (TPSA) is 219 Å². The average Bonchev–Trinajstić information content (AvgIpc) is 3.99. The van der Waals surface area contributed by atoms with Crippen molar-refractivity contribution in [2.45, 2.75) is 125 Å². The number of allylic oxidation sites excluding steroid dienone is 2. The zero-order valence-electron chi connectivity index (χ0n) is 32.3. The summed E-state index contributed by atoms with van der Waals surface area (Å²) in [6, 6.07) is 4.37. The molecular weight excluding hydrogens is 767 g/mol. The molecule has 4 amide bonds. The Bertz CT molecular complexity index is 2260. The molecule has 1 saturated heterocycles. The van der Waals surface area contributed by atoms with E-state index in [0.717, 1.165) is 32.1 Å². The molecule has 8 rings (SSSR count). The molecule has 0 unspecified atom stereocenters. The molecular formula is C41H49N7O9S. The Kier molecular flexibility index (Phi) is 10.8. The molecule has 0 spiro atoms. The Balaban J connectivity index is 1.16. The van der Waals surface area contributed by atoms with E-state index < -0.39 is 74.3 Å². The first-order chi connectivity index (χ1) is 27.9. The quantitative estimate of drug-likeness (QED) is 0.345. The van der Waals surface area contributed by atoms with Crippen molar-refractivity contribution < 1.29 is 37.1 Å². The van der Waals surface area contributed by atoms with Crippen molar-refractivity contribution in [3.63, 3.8) is 0 Å². The number of ether oxygens (including phenoxy) is 2. The molecule has 2 aromatic rings. The predicted molar refractivity (Wildman–Crippen MR) is 209 cm³/mol. The number of amides is 4. The van der Waals surface area contributed by atoms with Crippen molar-refractivity contribution in [3.05, 3.63) is 58.9 Å². The number of sulfonamides is 1. The van der Waals surface area contributed by atoms with Gasteiger partial charge in [0.25, 0.3) is 17.5 Å². The molecule has 5 fully saturated rings. The Morgan fingerprint density at radius 3 is 2.52 bits per heavy atom. The third-order valence-electron chi connectivity index (χ3n) is 12.8. The molecule has 4 aliphatic carbocycles. The lowest BCUT2D eigenvalue weighted by Gasteiger charge is -2.32. The first-order valence-electron chi connectivity index (χ1n) is 20.5. The second-order valence-corrected chi connectivity index (χ2v) is 18.6. The summed E-state index contributed by atoms with van der Waals surface area (Å²) < 4.78 is 41.6. The third-order valence-corrected chi connectivity index (χ3v) is 14.7. The van der Waals surface area contributed by atoms with Crippen LogP contribution in [0.25, 0.3) is 10.9 Å². The lowest BCUT2D eigenvalue weighted by atomic mass is 9.96. The van der Waals surface area contributed by atoms with Crippen LogP contribution >= 0.6 is 0 Å². The molecule has 16 nitrogen and oxygen atoms in total. The van der Waals surface area contributed by atoms with Crippen molar-refractivity contribution in [2.24, 2.45) is 17.8 Å². The Morgan fingerprint density at radius 1 is 1.02 bits per heavy atom. The second-order valence-electron chi connectivity index (χ2n) is 16.7. The second kappa shape index (κ2) is 15.8. The van der Waals surface area contributed by atoms with Crippen molar-refractivity contribution >= 4 is 44.7 Å². The highest BCUT2D eigenvalue weighted by Gasteiger charge is 2.62. The molecule has 58 heavy (non-hydrogen) atoms. The highest BCUT2D eigenvalue weighted by molar-refractivity contribution is 7.91. The minimum atomic E-state index is -3.94. The largest absolute Gasteiger partial charge is 0.459 e. The standard InChI is InChI=1S/C41H49N7O9S/c1-2-27-21-41(27,38(52)46-58(54,55)29-15-16-29)45-35(49)32-20-28-23-48(32)37(51)34(26-10-5-6-11-26)44-40(53)57-33-13-8-12-25(33)9-4-3-7-18-47-36(50)30-17-14-24(22-42)19-31(30)43-39(47)56-28/h2-3,7,14,17,19,25-29,32-34H,1,4-6,8-13,15-16,18,20-21,23H2,(H,44,53)(H,45,49)(H,46,52)/t25-,27-,28-,32+,33-,34+,41-/m1/s1. The number of fused-ring (bicyclic) bond motifs is 5. The molecule has 17 heteroatoms. The minimum Gasteiger partial charge on any atom is -0.459 e. The van der Waals surface area contributed by atoms with Gasteiger partial charge in [0.05, 0.1) is 34.3 Å². The predicted octanol–water partition coefficient (Wildman–Crippen LogP) is 3.09. The number of aromatic nitrogens is 2. The van der Waals surface area contributed by atoms with Gasteiger partial charge >= 0.3 is 6.09 Å². The molecule has 1 aromatic carbocycles. The normalized spacial score (nSPS) is 30.4. The van der Waals surface area contributed by atoms with E-state index in [9.17, 15) is 37.7 Å². The van der Waals surface area contributed by atoms with Gasteiger partial charge in [-0.25, -0.2) is 13.2 Å². The number of nitrogens with one attached hydrogen (secondary N) is 3. The number of hydrogen-bond acceptors (Lipinski definition) is 11. The Morgan fingerprint density at radius 2 is 1.79 bits per heavy atom. The maximum Gasteiger partial charge on any atom is 0.408 e. The lowest BCUT2D eigenvalue weighted by Crippen LogP contribution is -2.59. The highest BCUT2D eigenvalue weighted by Crippen LogP contribution is 2.45. The molecule has 2 aliphatic heterocycles. The van der Waals surface area contributed by atoms with Crippen molar-refractivity contribution in [2.75, 3.05) is 6.54 Å². The van der Waals surface area contributed by atoms with E-state index in [1.807, 2.05) is 12.2 Å². The van der Waals surface area contributed by atoms with Crippen molar-refractivity contribution in [1.29, 1.82) is 5.26 Å². The maximum absolute atomic E-state index is 14.9. The van der Waals surface area contributed by atoms with Crippen molar-refractivity contribution in [1.82, 2.24) is 29.8 Å². The fraction of sp³-hybridized carbons (Fsp3) is 0.585. The summed E-state index contributed by atoms with van der Waals surface area (Å²) >= 11 is 0. The van der Waals surface area contributed by atoms with Gasteiger partial charge in [0.15, 0.2) is 0 Å². The SMILES string of the molecule is C=C[C@@H]1C[C@]1(NC(=O)[C@@H]1C[C@@H]2CN1C(=O)[C@H](C1CCCC1)NC(=O)O[C@@H]1CCC[C@H]1CCC=CCn1c(nc3cc(C#N)ccc3c1=O)O2)C(=O)NS(=O)(=O)C1CC1. The summed E-state index contributed by atoms with van der Waals surface area (Å²) in [7, 11) is -3.94. The fourth-order valence-electron chi connectivity index (χ4n) is 9.31. The van der Waals surface area contributed by atoms with E-state index in [0.29, 0.717) is 44.1 Å². The summed E-state index contributed by atoms with van der Waals surface area (Å²) in [5, 5.41) is 14.9.